The third-order valence-corrected chi connectivity index (χ3v) is 4.87. The second-order valence-corrected chi connectivity index (χ2v) is 6.77. The van der Waals surface area contributed by atoms with Crippen molar-refractivity contribution in [1.29, 1.82) is 0 Å². The Labute approximate surface area is 171 Å². The number of aromatic nitrogens is 2. The molecule has 1 heterocycles. The van der Waals surface area contributed by atoms with Crippen LogP contribution in [0.3, 0.4) is 0 Å². The largest absolute Gasteiger partial charge is 0.493 e. The first-order chi connectivity index (χ1) is 14.3. The summed E-state index contributed by atoms with van der Waals surface area (Å²) >= 11 is 0. The molecule has 29 heavy (non-hydrogen) atoms. The van der Waals surface area contributed by atoms with Gasteiger partial charge in [-0.25, -0.2) is 4.98 Å². The predicted molar refractivity (Wildman–Crippen MR) is 118 cm³/mol. The van der Waals surface area contributed by atoms with E-state index >= 15 is 0 Å². The van der Waals surface area contributed by atoms with Crippen molar-refractivity contribution in [1.82, 2.24) is 9.55 Å². The number of hydrogen-bond acceptors (Lipinski definition) is 3. The van der Waals surface area contributed by atoms with Crippen molar-refractivity contribution in [2.75, 3.05) is 13.7 Å². The van der Waals surface area contributed by atoms with E-state index in [1.165, 1.54) is 0 Å². The van der Waals surface area contributed by atoms with Gasteiger partial charge in [-0.15, -0.1) is 6.58 Å². The standard InChI is InChI=1S/C25H24N2O2/c1-3-9-19-14-15-23(24(18-19)28-2)29-17-16-27-22-13-8-7-12-21(22)26-25(27)20-10-5-4-6-11-20/h3-8,10-15,18H,1,9,16-17H2,2H3. The van der Waals surface area contributed by atoms with Gasteiger partial charge in [0.05, 0.1) is 24.7 Å². The Morgan fingerprint density at radius 3 is 2.55 bits per heavy atom. The fourth-order valence-electron chi connectivity index (χ4n) is 3.48. The van der Waals surface area contributed by atoms with Crippen LogP contribution < -0.4 is 9.47 Å². The smallest absolute Gasteiger partial charge is 0.161 e. The van der Waals surface area contributed by atoms with Crippen LogP contribution in [0.15, 0.2) is 85.5 Å². The van der Waals surface area contributed by atoms with Gasteiger partial charge in [-0.1, -0.05) is 54.6 Å². The van der Waals surface area contributed by atoms with E-state index in [0.717, 1.165) is 45.9 Å². The number of ether oxygens (including phenoxy) is 2. The number of hydrogen-bond donors (Lipinski definition) is 0. The number of rotatable bonds is 8. The van der Waals surface area contributed by atoms with Gasteiger partial charge in [0, 0.05) is 5.56 Å². The summed E-state index contributed by atoms with van der Waals surface area (Å²) in [5, 5.41) is 0. The molecule has 1 aromatic heterocycles. The van der Waals surface area contributed by atoms with E-state index in [1.54, 1.807) is 7.11 Å². The maximum absolute atomic E-state index is 6.07. The second kappa shape index (κ2) is 8.65. The maximum Gasteiger partial charge on any atom is 0.161 e. The Hall–Kier alpha value is -3.53. The SMILES string of the molecule is C=CCc1ccc(OCCn2c(-c3ccccc3)nc3ccccc32)c(OC)c1. The van der Waals surface area contributed by atoms with Crippen LogP contribution in [0.25, 0.3) is 22.4 Å². The molecule has 0 radical (unpaired) electrons. The molecule has 4 heteroatoms. The Balaban J connectivity index is 1.58. The molecule has 4 rings (SSSR count). The molecule has 0 amide bonds. The van der Waals surface area contributed by atoms with Gasteiger partial charge >= 0.3 is 0 Å². The molecule has 0 aliphatic heterocycles. The lowest BCUT2D eigenvalue weighted by Crippen LogP contribution is -2.10. The van der Waals surface area contributed by atoms with Crippen LogP contribution in [0.2, 0.25) is 0 Å². The number of allylic oxidation sites excluding steroid dienone is 1. The molecule has 0 spiro atoms. The number of fused-ring (bicyclic) bond motifs is 1. The van der Waals surface area contributed by atoms with Gasteiger partial charge in [0.1, 0.15) is 12.4 Å². The van der Waals surface area contributed by atoms with E-state index in [4.69, 9.17) is 14.5 Å². The fraction of sp³-hybridized carbons (Fsp3) is 0.160. The lowest BCUT2D eigenvalue weighted by molar-refractivity contribution is 0.281. The van der Waals surface area contributed by atoms with Crippen LogP contribution in [0, 0.1) is 0 Å². The van der Waals surface area contributed by atoms with Crippen LogP contribution in [0.4, 0.5) is 0 Å². The first-order valence-corrected chi connectivity index (χ1v) is 9.71. The molecule has 0 unspecified atom stereocenters. The van der Waals surface area contributed by atoms with Crippen molar-refractivity contribution in [3.05, 3.63) is 91.0 Å². The minimum absolute atomic E-state index is 0.511. The summed E-state index contributed by atoms with van der Waals surface area (Å²) < 4.78 is 13.8. The zero-order valence-corrected chi connectivity index (χ0v) is 16.5. The van der Waals surface area contributed by atoms with Crippen molar-refractivity contribution >= 4 is 11.0 Å². The summed E-state index contributed by atoms with van der Waals surface area (Å²) in [5.41, 5.74) is 4.33. The van der Waals surface area contributed by atoms with Gasteiger partial charge in [-0.05, 0) is 36.2 Å². The molecule has 0 saturated carbocycles. The molecule has 4 nitrogen and oxygen atoms in total. The molecule has 0 bridgehead atoms. The molecule has 0 aliphatic carbocycles. The van der Waals surface area contributed by atoms with E-state index in [1.807, 2.05) is 60.7 Å². The summed E-state index contributed by atoms with van der Waals surface area (Å²) in [5.74, 6) is 2.43. The monoisotopic (exact) mass is 384 g/mol. The van der Waals surface area contributed by atoms with Gasteiger partial charge in [-0.3, -0.25) is 0 Å². The highest BCUT2D eigenvalue weighted by Crippen LogP contribution is 2.29. The minimum atomic E-state index is 0.511. The highest BCUT2D eigenvalue weighted by molar-refractivity contribution is 5.80. The quantitative estimate of drug-likeness (QED) is 0.375. The fourth-order valence-corrected chi connectivity index (χ4v) is 3.48. The van der Waals surface area contributed by atoms with Crippen molar-refractivity contribution in [2.24, 2.45) is 0 Å². The molecule has 0 N–H and O–H groups in total. The summed E-state index contributed by atoms with van der Waals surface area (Å²) in [7, 11) is 1.66. The Bertz CT molecular complexity index is 1120. The van der Waals surface area contributed by atoms with Crippen LogP contribution in [-0.2, 0) is 13.0 Å². The summed E-state index contributed by atoms with van der Waals surface area (Å²) in [4.78, 5) is 4.85. The highest BCUT2D eigenvalue weighted by atomic mass is 16.5. The van der Waals surface area contributed by atoms with Crippen molar-refractivity contribution < 1.29 is 9.47 Å². The first-order valence-electron chi connectivity index (χ1n) is 9.71. The average molecular weight is 384 g/mol. The molecule has 0 fully saturated rings. The van der Waals surface area contributed by atoms with Crippen molar-refractivity contribution in [3.8, 4) is 22.9 Å². The highest BCUT2D eigenvalue weighted by Gasteiger charge is 2.13. The minimum Gasteiger partial charge on any atom is -0.493 e. The van der Waals surface area contributed by atoms with E-state index < -0.39 is 0 Å². The topological polar surface area (TPSA) is 36.3 Å². The Kier molecular flexibility index (Phi) is 5.61. The number of methoxy groups -OCH3 is 1. The van der Waals surface area contributed by atoms with Gasteiger partial charge in [0.2, 0.25) is 0 Å². The molecule has 0 atom stereocenters. The van der Waals surface area contributed by atoms with Crippen LogP contribution in [-0.4, -0.2) is 23.3 Å². The summed E-state index contributed by atoms with van der Waals surface area (Å²) in [6.45, 7) is 4.98. The number of imidazole rings is 1. The zero-order valence-electron chi connectivity index (χ0n) is 16.5. The Morgan fingerprint density at radius 1 is 0.966 bits per heavy atom. The van der Waals surface area contributed by atoms with Gasteiger partial charge in [-0.2, -0.15) is 0 Å². The van der Waals surface area contributed by atoms with E-state index in [-0.39, 0.29) is 0 Å². The molecule has 4 aromatic rings. The Morgan fingerprint density at radius 2 is 1.76 bits per heavy atom. The number of para-hydroxylation sites is 2. The van der Waals surface area contributed by atoms with E-state index in [2.05, 4.69) is 29.3 Å². The molecular formula is C25H24N2O2. The van der Waals surface area contributed by atoms with Gasteiger partial charge in [0.15, 0.2) is 11.5 Å². The third-order valence-electron chi connectivity index (χ3n) is 4.87. The van der Waals surface area contributed by atoms with Gasteiger partial charge in [0.25, 0.3) is 0 Å². The summed E-state index contributed by atoms with van der Waals surface area (Å²) in [6.07, 6.45) is 2.68. The molecule has 146 valence electrons. The third kappa shape index (κ3) is 4.02. The second-order valence-electron chi connectivity index (χ2n) is 6.77. The average Bonchev–Trinajstić information content (AvgIpc) is 3.14. The summed E-state index contributed by atoms with van der Waals surface area (Å²) in [6, 6.07) is 24.4. The van der Waals surface area contributed by atoms with Crippen LogP contribution in [0.5, 0.6) is 11.5 Å². The van der Waals surface area contributed by atoms with E-state index in [9.17, 15) is 0 Å². The first kappa shape index (κ1) is 18.8. The van der Waals surface area contributed by atoms with Crippen LogP contribution >= 0.6 is 0 Å². The van der Waals surface area contributed by atoms with Crippen molar-refractivity contribution in [3.63, 3.8) is 0 Å². The number of nitrogens with zero attached hydrogens (tertiary/aromatic N) is 2. The van der Waals surface area contributed by atoms with E-state index in [0.29, 0.717) is 13.2 Å². The van der Waals surface area contributed by atoms with Crippen LogP contribution in [0.1, 0.15) is 5.56 Å². The zero-order chi connectivity index (χ0) is 20.1. The lowest BCUT2D eigenvalue weighted by Gasteiger charge is -2.14. The molecule has 0 saturated heterocycles. The normalized spacial score (nSPS) is 10.8. The number of benzene rings is 3. The molecule has 3 aromatic carbocycles. The van der Waals surface area contributed by atoms with Gasteiger partial charge < -0.3 is 14.0 Å². The maximum atomic E-state index is 6.07. The van der Waals surface area contributed by atoms with Crippen molar-refractivity contribution in [2.45, 2.75) is 13.0 Å². The predicted octanol–water partition coefficient (Wildman–Crippen LogP) is 5.52. The molecule has 0 aliphatic rings. The lowest BCUT2D eigenvalue weighted by atomic mass is 10.1. The molecular weight excluding hydrogens is 360 g/mol.